The van der Waals surface area contributed by atoms with Gasteiger partial charge in [0.25, 0.3) is 5.91 Å². The number of methoxy groups -OCH3 is 1. The highest BCUT2D eigenvalue weighted by Crippen LogP contribution is 2.41. The highest BCUT2D eigenvalue weighted by molar-refractivity contribution is 7.88. The topological polar surface area (TPSA) is 126 Å². The number of benzene rings is 2. The van der Waals surface area contributed by atoms with Gasteiger partial charge in [-0.15, -0.1) is 0 Å². The van der Waals surface area contributed by atoms with Gasteiger partial charge < -0.3 is 20.7 Å². The van der Waals surface area contributed by atoms with Gasteiger partial charge in [0.05, 0.1) is 31.1 Å². The number of hydrogen-bond donors (Lipinski definition) is 3. The third-order valence-electron chi connectivity index (χ3n) is 6.52. The number of nitrogens with zero attached hydrogens (tertiary/aromatic N) is 3. The largest absolute Gasteiger partial charge is 0.495 e. The molecule has 3 aromatic rings. The summed E-state index contributed by atoms with van der Waals surface area (Å²) in [5, 5.41) is 8.19. The Balaban J connectivity index is 1.74. The van der Waals surface area contributed by atoms with Gasteiger partial charge in [-0.3, -0.25) is 4.79 Å². The number of anilines is 3. The van der Waals surface area contributed by atoms with Crippen molar-refractivity contribution in [2.45, 2.75) is 24.7 Å². The highest BCUT2D eigenvalue weighted by atomic mass is 32.2. The second-order valence-electron chi connectivity index (χ2n) is 8.94. The summed E-state index contributed by atoms with van der Waals surface area (Å²) in [5.41, 5.74) is 1.01. The molecule has 0 saturated heterocycles. The quantitative estimate of drug-likeness (QED) is 0.379. The van der Waals surface area contributed by atoms with Crippen molar-refractivity contribution in [2.75, 3.05) is 38.1 Å². The van der Waals surface area contributed by atoms with Crippen molar-refractivity contribution in [1.82, 2.24) is 19.6 Å². The standard InChI is InChI=1S/C25H27F3N6O4S/c1-29-23(35)15-9-10-18(20(12-15)38-3)31-24-30-13-17(25(26,27)28)22(33-24)32-21-16-8-6-5-7-14(16)11-19(21)34(2)39(4,36)37/h5-10,12-13,19,21H,11H2,1-4H3,(H,29,35)(H2,30,31,32,33)/t19-,21-/m1/s1. The first-order chi connectivity index (χ1) is 18.3. The number of rotatable bonds is 8. The molecule has 1 aliphatic rings. The van der Waals surface area contributed by atoms with Gasteiger partial charge in [0.2, 0.25) is 16.0 Å². The van der Waals surface area contributed by atoms with E-state index in [0.717, 1.165) is 16.1 Å². The minimum absolute atomic E-state index is 0.171. The fourth-order valence-electron chi connectivity index (χ4n) is 4.44. The van der Waals surface area contributed by atoms with Crippen LogP contribution >= 0.6 is 0 Å². The number of hydrogen-bond acceptors (Lipinski definition) is 8. The molecule has 0 radical (unpaired) electrons. The van der Waals surface area contributed by atoms with Gasteiger partial charge in [0, 0.05) is 25.9 Å². The Hall–Kier alpha value is -3.91. The Morgan fingerprint density at radius 3 is 2.54 bits per heavy atom. The van der Waals surface area contributed by atoms with Crippen LogP contribution in [0.5, 0.6) is 5.75 Å². The normalized spacial score (nSPS) is 17.0. The van der Waals surface area contributed by atoms with Crippen LogP contribution in [0.3, 0.4) is 0 Å². The number of halogens is 3. The van der Waals surface area contributed by atoms with Crippen LogP contribution in [-0.2, 0) is 22.6 Å². The fourth-order valence-corrected chi connectivity index (χ4v) is 5.13. The van der Waals surface area contributed by atoms with Crippen LogP contribution in [0.15, 0.2) is 48.7 Å². The molecule has 0 bridgehead atoms. The molecule has 39 heavy (non-hydrogen) atoms. The Morgan fingerprint density at radius 2 is 1.90 bits per heavy atom. The molecule has 4 rings (SSSR count). The monoisotopic (exact) mass is 564 g/mol. The summed E-state index contributed by atoms with van der Waals surface area (Å²) in [7, 11) is 0.602. The predicted octanol–water partition coefficient (Wildman–Crippen LogP) is 3.58. The summed E-state index contributed by atoms with van der Waals surface area (Å²) in [6.07, 6.45) is -2.78. The van der Waals surface area contributed by atoms with E-state index in [1.54, 1.807) is 18.2 Å². The van der Waals surface area contributed by atoms with E-state index in [4.69, 9.17) is 4.74 Å². The molecular formula is C25H27F3N6O4S. The first kappa shape index (κ1) is 28.1. The lowest BCUT2D eigenvalue weighted by Crippen LogP contribution is -2.41. The van der Waals surface area contributed by atoms with Gasteiger partial charge in [-0.1, -0.05) is 24.3 Å². The number of fused-ring (bicyclic) bond motifs is 1. The van der Waals surface area contributed by atoms with Gasteiger partial charge in [-0.05, 0) is 35.7 Å². The van der Waals surface area contributed by atoms with Gasteiger partial charge in [-0.25, -0.2) is 13.4 Å². The lowest BCUT2D eigenvalue weighted by atomic mass is 10.1. The van der Waals surface area contributed by atoms with Crippen molar-refractivity contribution in [3.8, 4) is 5.75 Å². The Bertz CT molecular complexity index is 1500. The molecule has 14 heteroatoms. The average molecular weight is 565 g/mol. The number of carbonyl (C=O) groups is 1. The van der Waals surface area contributed by atoms with Crippen molar-refractivity contribution in [1.29, 1.82) is 0 Å². The summed E-state index contributed by atoms with van der Waals surface area (Å²) in [6.45, 7) is 0. The molecule has 2 atom stereocenters. The molecule has 0 fully saturated rings. The van der Waals surface area contributed by atoms with E-state index in [-0.39, 0.29) is 17.6 Å². The number of nitrogens with one attached hydrogen (secondary N) is 3. The minimum atomic E-state index is -4.79. The van der Waals surface area contributed by atoms with Crippen molar-refractivity contribution in [2.24, 2.45) is 0 Å². The zero-order valence-corrected chi connectivity index (χ0v) is 22.3. The van der Waals surface area contributed by atoms with Gasteiger partial charge in [0.15, 0.2) is 0 Å². The summed E-state index contributed by atoms with van der Waals surface area (Å²) in [5.74, 6) is -0.790. The zero-order chi connectivity index (χ0) is 28.5. The average Bonchev–Trinajstić information content (AvgIpc) is 3.25. The molecule has 0 saturated carbocycles. The number of ether oxygens (including phenoxy) is 1. The van der Waals surface area contributed by atoms with Crippen molar-refractivity contribution >= 4 is 33.4 Å². The number of likely N-dealkylation sites (N-methyl/N-ethyl adjacent to an activating group) is 1. The van der Waals surface area contributed by atoms with Gasteiger partial charge >= 0.3 is 6.18 Å². The van der Waals surface area contributed by atoms with Crippen molar-refractivity contribution in [3.63, 3.8) is 0 Å². The first-order valence-electron chi connectivity index (χ1n) is 11.7. The molecule has 3 N–H and O–H groups in total. The lowest BCUT2D eigenvalue weighted by molar-refractivity contribution is -0.137. The summed E-state index contributed by atoms with van der Waals surface area (Å²) < 4.78 is 73.1. The summed E-state index contributed by atoms with van der Waals surface area (Å²) >= 11 is 0. The number of alkyl halides is 3. The summed E-state index contributed by atoms with van der Waals surface area (Å²) in [4.78, 5) is 19.9. The summed E-state index contributed by atoms with van der Waals surface area (Å²) in [6, 6.07) is 10.1. The maximum Gasteiger partial charge on any atom is 0.421 e. The van der Waals surface area contributed by atoms with E-state index in [1.165, 1.54) is 39.4 Å². The van der Waals surface area contributed by atoms with Gasteiger partial charge in [0.1, 0.15) is 17.1 Å². The van der Waals surface area contributed by atoms with E-state index in [2.05, 4.69) is 25.9 Å². The van der Waals surface area contributed by atoms with Crippen LogP contribution in [0.2, 0.25) is 0 Å². The number of aromatic nitrogens is 2. The van der Waals surface area contributed by atoms with Crippen LogP contribution in [0, 0.1) is 0 Å². The molecule has 10 nitrogen and oxygen atoms in total. The maximum absolute atomic E-state index is 14.0. The lowest BCUT2D eigenvalue weighted by Gasteiger charge is -2.30. The van der Waals surface area contributed by atoms with E-state index in [0.29, 0.717) is 29.4 Å². The first-order valence-corrected chi connectivity index (χ1v) is 13.6. The Kier molecular flexibility index (Phi) is 7.70. The Morgan fingerprint density at radius 1 is 1.18 bits per heavy atom. The van der Waals surface area contributed by atoms with E-state index in [1.807, 2.05) is 6.07 Å². The molecule has 0 spiro atoms. The van der Waals surface area contributed by atoms with E-state index >= 15 is 0 Å². The predicted molar refractivity (Wildman–Crippen MR) is 140 cm³/mol. The molecule has 1 aliphatic carbocycles. The highest BCUT2D eigenvalue weighted by Gasteiger charge is 2.41. The molecule has 1 aromatic heterocycles. The third-order valence-corrected chi connectivity index (χ3v) is 7.83. The molecule has 2 aromatic carbocycles. The fraction of sp³-hybridized carbons (Fsp3) is 0.320. The van der Waals surface area contributed by atoms with Crippen LogP contribution < -0.4 is 20.7 Å². The van der Waals surface area contributed by atoms with Crippen LogP contribution in [0.4, 0.5) is 30.6 Å². The maximum atomic E-state index is 14.0. The second-order valence-corrected chi connectivity index (χ2v) is 11.0. The Labute approximate surface area is 223 Å². The van der Waals surface area contributed by atoms with Crippen LogP contribution in [0.1, 0.15) is 33.1 Å². The van der Waals surface area contributed by atoms with Crippen molar-refractivity contribution < 1.29 is 31.1 Å². The molecule has 1 heterocycles. The molecule has 1 amide bonds. The molecular weight excluding hydrogens is 537 g/mol. The molecule has 208 valence electrons. The number of amides is 1. The smallest absolute Gasteiger partial charge is 0.421 e. The molecule has 0 unspecified atom stereocenters. The van der Waals surface area contributed by atoms with Crippen LogP contribution in [0.25, 0.3) is 0 Å². The van der Waals surface area contributed by atoms with Crippen molar-refractivity contribution in [3.05, 3.63) is 70.9 Å². The number of sulfonamides is 1. The molecule has 0 aliphatic heterocycles. The van der Waals surface area contributed by atoms with E-state index in [9.17, 15) is 26.4 Å². The van der Waals surface area contributed by atoms with E-state index < -0.39 is 39.7 Å². The second kappa shape index (κ2) is 10.7. The minimum Gasteiger partial charge on any atom is -0.495 e. The third kappa shape index (κ3) is 5.91. The zero-order valence-electron chi connectivity index (χ0n) is 21.5. The van der Waals surface area contributed by atoms with Crippen LogP contribution in [-0.4, -0.2) is 62.1 Å². The van der Waals surface area contributed by atoms with Gasteiger partial charge in [-0.2, -0.15) is 22.5 Å². The SMILES string of the molecule is CNC(=O)c1ccc(Nc2ncc(C(F)(F)F)c(N[C@@H]3c4ccccc4C[C@H]3N(C)S(C)(=O)=O)n2)c(OC)c1. The number of carbonyl (C=O) groups excluding carboxylic acids is 1.